The molecule has 0 saturated carbocycles. The number of rotatable bonds is 6. The van der Waals surface area contributed by atoms with Gasteiger partial charge in [-0.15, -0.1) is 24.8 Å². The van der Waals surface area contributed by atoms with Crippen LogP contribution in [0, 0.1) is 5.41 Å². The Morgan fingerprint density at radius 2 is 1.59 bits per heavy atom. The summed E-state index contributed by atoms with van der Waals surface area (Å²) in [7, 11) is -1.49. The van der Waals surface area contributed by atoms with Gasteiger partial charge in [-0.2, -0.15) is 0 Å². The van der Waals surface area contributed by atoms with E-state index in [1.54, 1.807) is 20.0 Å². The van der Waals surface area contributed by atoms with E-state index in [1.807, 2.05) is 0 Å². The van der Waals surface area contributed by atoms with Crippen molar-refractivity contribution in [2.75, 3.05) is 6.61 Å². The summed E-state index contributed by atoms with van der Waals surface area (Å²) in [4.78, 5) is 0. The van der Waals surface area contributed by atoms with E-state index >= 15 is 0 Å². The van der Waals surface area contributed by atoms with E-state index in [0.717, 1.165) is 13.0 Å². The zero-order valence-corrected chi connectivity index (χ0v) is 24.2. The smallest absolute Gasteiger partial charge is 0.147 e. The van der Waals surface area contributed by atoms with Crippen LogP contribution in [0.15, 0.2) is 50.3 Å². The van der Waals surface area contributed by atoms with Crippen molar-refractivity contribution >= 4 is 39.2 Å². The van der Waals surface area contributed by atoms with E-state index in [4.69, 9.17) is 4.43 Å². The quantitative estimate of drug-likeness (QED) is 0.342. The van der Waals surface area contributed by atoms with E-state index < -0.39 is 31.6 Å². The maximum Gasteiger partial charge on any atom is -0.147 e. The number of hydrogen-bond acceptors (Lipinski definition) is 1. The van der Waals surface area contributed by atoms with Gasteiger partial charge in [0.15, 0.2) is 0 Å². The first-order valence-corrected chi connectivity index (χ1v) is 16.0. The van der Waals surface area contributed by atoms with E-state index in [0.29, 0.717) is 0 Å². The fraction of sp³-hybridized carbons (Fsp3) is 0.500. The van der Waals surface area contributed by atoms with Gasteiger partial charge >= 0.3 is 179 Å². The first-order valence-electron chi connectivity index (χ1n) is 10.1. The van der Waals surface area contributed by atoms with Crippen LogP contribution in [0.5, 0.6) is 0 Å². The average molecular weight is 531 g/mol. The first kappa shape index (κ1) is 27.1. The molecule has 0 spiro atoms. The normalized spacial score (nSPS) is 22.3. The van der Waals surface area contributed by atoms with Crippen molar-refractivity contribution in [3.63, 3.8) is 0 Å². The van der Waals surface area contributed by atoms with Gasteiger partial charge < -0.3 is 0 Å². The van der Waals surface area contributed by atoms with Crippen molar-refractivity contribution in [1.29, 1.82) is 0 Å². The molecule has 0 heterocycles. The van der Waals surface area contributed by atoms with Crippen molar-refractivity contribution in [3.8, 4) is 0 Å². The Balaban J connectivity index is 0.00000210. The van der Waals surface area contributed by atoms with Gasteiger partial charge in [0.05, 0.1) is 0 Å². The molecule has 0 aliphatic heterocycles. The van der Waals surface area contributed by atoms with Gasteiger partial charge in [0, 0.05) is 0 Å². The molecule has 0 saturated heterocycles. The molecule has 0 amide bonds. The van der Waals surface area contributed by atoms with E-state index in [1.165, 1.54) is 11.1 Å². The average Bonchev–Trinajstić information content (AvgIpc) is 3.01. The molecule has 1 atom stereocenters. The van der Waals surface area contributed by atoms with Gasteiger partial charge in [-0.1, -0.05) is 0 Å². The van der Waals surface area contributed by atoms with Crippen LogP contribution in [0.4, 0.5) is 0 Å². The van der Waals surface area contributed by atoms with Crippen LogP contribution in [0.25, 0.3) is 6.08 Å². The Morgan fingerprint density at radius 1 is 0.966 bits per heavy atom. The van der Waals surface area contributed by atoms with Crippen LogP contribution in [0.3, 0.4) is 0 Å². The minimum absolute atomic E-state index is 0. The molecule has 1 aromatic carbocycles. The second-order valence-corrected chi connectivity index (χ2v) is 18.2. The first-order chi connectivity index (χ1) is 12.5. The Morgan fingerprint density at radius 3 is 2.14 bits per heavy atom. The molecule has 0 fully saturated rings. The number of allylic oxidation sites excluding steroid dienone is 5. The van der Waals surface area contributed by atoms with E-state index in [9.17, 15) is 0 Å². The molecule has 1 aromatic rings. The van der Waals surface area contributed by atoms with Gasteiger partial charge in [-0.05, 0) is 0 Å². The van der Waals surface area contributed by atoms with Crippen LogP contribution in [0.2, 0.25) is 19.6 Å². The zero-order chi connectivity index (χ0) is 20.0. The molecule has 29 heavy (non-hydrogen) atoms. The van der Waals surface area contributed by atoms with Crippen LogP contribution in [0.1, 0.15) is 52.2 Å². The van der Waals surface area contributed by atoms with E-state index in [-0.39, 0.29) is 33.4 Å². The number of hydrogen-bond donors (Lipinski definition) is 0. The van der Waals surface area contributed by atoms with Crippen molar-refractivity contribution in [1.82, 2.24) is 0 Å². The summed E-state index contributed by atoms with van der Waals surface area (Å²) in [5, 5.41) is 0. The molecule has 0 N–H and O–H groups in total. The third-order valence-corrected chi connectivity index (χ3v) is 13.4. The van der Waals surface area contributed by atoms with Gasteiger partial charge in [0.1, 0.15) is 0 Å². The van der Waals surface area contributed by atoms with Crippen LogP contribution >= 0.6 is 24.8 Å². The zero-order valence-electron chi connectivity index (χ0n) is 19.1. The summed E-state index contributed by atoms with van der Waals surface area (Å²) in [5.74, 6) is 0. The van der Waals surface area contributed by atoms with Crippen molar-refractivity contribution in [2.45, 2.75) is 63.8 Å². The SMILES string of the molecule is CC1=C(C)C(C)(C)[C]([Zr][C]2(CCO[Si](C)(C)C)C=Cc3ccccc32)=C1C.Cl.Cl. The third kappa shape index (κ3) is 5.29. The topological polar surface area (TPSA) is 9.23 Å². The van der Waals surface area contributed by atoms with Gasteiger partial charge in [-0.25, -0.2) is 0 Å². The third-order valence-electron chi connectivity index (χ3n) is 6.43. The Bertz CT molecular complexity index is 849. The summed E-state index contributed by atoms with van der Waals surface area (Å²) in [6.07, 6.45) is 6.04. The molecule has 0 bridgehead atoms. The summed E-state index contributed by atoms with van der Waals surface area (Å²) < 4.78 is 8.32. The Labute approximate surface area is 203 Å². The van der Waals surface area contributed by atoms with Crippen molar-refractivity contribution in [3.05, 3.63) is 61.5 Å². The molecule has 2 aliphatic rings. The number of benzene rings is 1. The molecule has 0 radical (unpaired) electrons. The van der Waals surface area contributed by atoms with Gasteiger partial charge in [0.2, 0.25) is 0 Å². The van der Waals surface area contributed by atoms with Gasteiger partial charge in [0.25, 0.3) is 0 Å². The minimum Gasteiger partial charge on any atom is -0.147 e. The Hall–Kier alpha value is 0.0800. The number of fused-ring (bicyclic) bond motifs is 1. The molecule has 1 nitrogen and oxygen atoms in total. The van der Waals surface area contributed by atoms with Crippen LogP contribution in [-0.2, 0) is 30.8 Å². The van der Waals surface area contributed by atoms with Gasteiger partial charge in [-0.3, -0.25) is 0 Å². The molecule has 160 valence electrons. The second-order valence-electron chi connectivity index (χ2n) is 9.60. The summed E-state index contributed by atoms with van der Waals surface area (Å²) in [5.41, 5.74) is 7.86. The van der Waals surface area contributed by atoms with Crippen molar-refractivity contribution in [2.24, 2.45) is 5.41 Å². The monoisotopic (exact) mass is 528 g/mol. The minimum atomic E-state index is -1.49. The molecule has 5 heteroatoms. The van der Waals surface area contributed by atoms with Crippen molar-refractivity contribution < 1.29 is 27.7 Å². The fourth-order valence-electron chi connectivity index (χ4n) is 4.34. The molecule has 0 aromatic heterocycles. The molecular weight excluding hydrogens is 494 g/mol. The predicted octanol–water partition coefficient (Wildman–Crippen LogP) is 7.73. The maximum absolute atomic E-state index is 6.32. The number of halogens is 2. The Kier molecular flexibility index (Phi) is 9.07. The molecule has 3 rings (SSSR count). The molecular formula is C24H36Cl2OSiZr. The van der Waals surface area contributed by atoms with E-state index in [2.05, 4.69) is 90.7 Å². The largest absolute Gasteiger partial charge is 0.147 e. The fourth-order valence-corrected chi connectivity index (χ4v) is 10.2. The molecule has 1 unspecified atom stereocenters. The summed E-state index contributed by atoms with van der Waals surface area (Å²) >= 11 is -0.909. The molecule has 2 aliphatic carbocycles. The summed E-state index contributed by atoms with van der Waals surface area (Å²) in [6.45, 7) is 19.7. The maximum atomic E-state index is 6.32. The van der Waals surface area contributed by atoms with Crippen LogP contribution < -0.4 is 0 Å². The predicted molar refractivity (Wildman–Crippen MR) is 130 cm³/mol. The summed E-state index contributed by atoms with van der Waals surface area (Å²) in [6, 6.07) is 9.04. The van der Waals surface area contributed by atoms with Crippen LogP contribution in [-0.4, -0.2) is 14.9 Å². The second kappa shape index (κ2) is 9.70. The standard InChI is InChI=1S/C14H19OSi.C10H15.2ClH.Zr/c1-16(2,3)15-11-10-13-9-8-12-6-4-5-7-14(12)13;1-7-6-10(4,5)9(3)8(7)2;;;/h4-9H,10-11H2,1-3H3;1-5H3;2*1H;.